The van der Waals surface area contributed by atoms with Crippen molar-refractivity contribution >= 4 is 29.6 Å². The quantitative estimate of drug-likeness (QED) is 0.240. The fourth-order valence-corrected chi connectivity index (χ4v) is 2.74. The molecule has 0 aliphatic rings. The van der Waals surface area contributed by atoms with Crippen LogP contribution in [0.3, 0.4) is 0 Å². The molecule has 42 heavy (non-hydrogen) atoms. The number of benzene rings is 2. The molecule has 0 saturated heterocycles. The first-order chi connectivity index (χ1) is 19.6. The number of aliphatic carboxylic acids is 1. The summed E-state index contributed by atoms with van der Waals surface area (Å²) in [6.45, 7) is 15.2. The SMILES string of the molecule is CCC(C)(C)C(=O)O.CCC(C)(C)C(=O)OCc1ccccc1.CCC(C)(COC(=O)Nc1ccccc1)C(=O)NC. The van der Waals surface area contributed by atoms with Crippen LogP contribution in [0, 0.1) is 16.2 Å². The van der Waals surface area contributed by atoms with Gasteiger partial charge in [0.15, 0.2) is 0 Å². The lowest BCUT2D eigenvalue weighted by Crippen LogP contribution is -2.40. The number of carboxylic acids is 1. The van der Waals surface area contributed by atoms with E-state index < -0.39 is 22.9 Å². The van der Waals surface area contributed by atoms with Gasteiger partial charge in [-0.05, 0) is 71.6 Å². The summed E-state index contributed by atoms with van der Waals surface area (Å²) in [4.78, 5) is 45.2. The predicted molar refractivity (Wildman–Crippen MR) is 166 cm³/mol. The highest BCUT2D eigenvalue weighted by molar-refractivity contribution is 5.86. The molecule has 2 rings (SSSR count). The Morgan fingerprint density at radius 2 is 1.24 bits per heavy atom. The molecule has 0 aliphatic carbocycles. The van der Waals surface area contributed by atoms with E-state index in [2.05, 4.69) is 10.6 Å². The van der Waals surface area contributed by atoms with Gasteiger partial charge in [-0.1, -0.05) is 69.3 Å². The highest BCUT2D eigenvalue weighted by Crippen LogP contribution is 2.23. The van der Waals surface area contributed by atoms with Gasteiger partial charge in [-0.25, -0.2) is 4.79 Å². The predicted octanol–water partition coefficient (Wildman–Crippen LogP) is 7.07. The first kappa shape index (κ1) is 38.1. The summed E-state index contributed by atoms with van der Waals surface area (Å²) < 4.78 is 10.4. The molecule has 1 atom stereocenters. The van der Waals surface area contributed by atoms with Crippen molar-refractivity contribution in [2.75, 3.05) is 19.0 Å². The van der Waals surface area contributed by atoms with Crippen molar-refractivity contribution in [2.24, 2.45) is 16.2 Å². The van der Waals surface area contributed by atoms with Crippen molar-refractivity contribution in [3.8, 4) is 0 Å². The number of esters is 1. The molecule has 0 aromatic heterocycles. The van der Waals surface area contributed by atoms with E-state index in [4.69, 9.17) is 14.6 Å². The van der Waals surface area contributed by atoms with Crippen LogP contribution < -0.4 is 10.6 Å². The largest absolute Gasteiger partial charge is 0.481 e. The molecule has 9 nitrogen and oxygen atoms in total. The number of ether oxygens (including phenoxy) is 2. The number of nitrogens with one attached hydrogen (secondary N) is 2. The van der Waals surface area contributed by atoms with Gasteiger partial charge >= 0.3 is 18.0 Å². The second-order valence-corrected chi connectivity index (χ2v) is 11.4. The van der Waals surface area contributed by atoms with Crippen LogP contribution in [-0.2, 0) is 30.5 Å². The van der Waals surface area contributed by atoms with Crippen molar-refractivity contribution in [3.05, 3.63) is 66.2 Å². The van der Waals surface area contributed by atoms with Gasteiger partial charge in [-0.15, -0.1) is 0 Å². The van der Waals surface area contributed by atoms with Crippen molar-refractivity contribution in [2.45, 2.75) is 81.3 Å². The standard InChI is InChI=1S/C14H20N2O3.C13H18O2.C6H12O2/c1-4-14(2,12(17)15-3)10-19-13(18)16-11-8-6-5-7-9-11;1-4-13(2,3)12(14)15-10-11-8-6-5-7-9-11;1-4-6(2,3)5(7)8/h5-9H,4,10H2,1-3H3,(H,15,17)(H,16,18);5-9H,4,10H2,1-3H3;4H2,1-3H3,(H,7,8). The third-order valence-electron chi connectivity index (χ3n) is 7.21. The number of carbonyl (C=O) groups is 4. The zero-order valence-corrected chi connectivity index (χ0v) is 26.7. The average molecular weight is 587 g/mol. The maximum atomic E-state index is 11.7. The van der Waals surface area contributed by atoms with E-state index in [-0.39, 0.29) is 23.9 Å². The average Bonchev–Trinajstić information content (AvgIpc) is 2.99. The van der Waals surface area contributed by atoms with E-state index in [0.29, 0.717) is 25.1 Å². The zero-order chi connectivity index (χ0) is 32.4. The van der Waals surface area contributed by atoms with Gasteiger partial charge < -0.3 is 19.9 Å². The lowest BCUT2D eigenvalue weighted by Gasteiger charge is -2.25. The Kier molecular flexibility index (Phi) is 16.8. The molecule has 0 spiro atoms. The second kappa shape index (κ2) is 18.5. The van der Waals surface area contributed by atoms with Crippen molar-refractivity contribution < 1.29 is 33.8 Å². The van der Waals surface area contributed by atoms with Crippen LogP contribution in [0.4, 0.5) is 10.5 Å². The number of hydrogen-bond donors (Lipinski definition) is 3. The smallest absolute Gasteiger partial charge is 0.411 e. The van der Waals surface area contributed by atoms with Crippen LogP contribution in [0.5, 0.6) is 0 Å². The van der Waals surface area contributed by atoms with Gasteiger partial charge in [0, 0.05) is 12.7 Å². The van der Waals surface area contributed by atoms with Gasteiger partial charge in [-0.3, -0.25) is 19.7 Å². The normalized spacial score (nSPS) is 12.1. The monoisotopic (exact) mass is 586 g/mol. The molecule has 234 valence electrons. The third-order valence-corrected chi connectivity index (χ3v) is 7.21. The minimum Gasteiger partial charge on any atom is -0.481 e. The van der Waals surface area contributed by atoms with Crippen LogP contribution in [0.25, 0.3) is 0 Å². The number of anilines is 1. The van der Waals surface area contributed by atoms with E-state index in [1.165, 1.54) is 0 Å². The van der Waals surface area contributed by atoms with Gasteiger partial charge in [0.2, 0.25) is 5.91 Å². The molecule has 2 aromatic carbocycles. The molecule has 0 heterocycles. The molecule has 9 heteroatoms. The molecule has 0 fully saturated rings. The van der Waals surface area contributed by atoms with Crippen molar-refractivity contribution in [1.29, 1.82) is 0 Å². The number of hydrogen-bond acceptors (Lipinski definition) is 6. The summed E-state index contributed by atoms with van der Waals surface area (Å²) in [5, 5.41) is 13.6. The Morgan fingerprint density at radius 3 is 1.64 bits per heavy atom. The summed E-state index contributed by atoms with van der Waals surface area (Å²) in [5.41, 5.74) is 0.0563. The first-order valence-electron chi connectivity index (χ1n) is 14.2. The fraction of sp³-hybridized carbons (Fsp3) is 0.515. The number of carbonyl (C=O) groups excluding carboxylic acids is 3. The van der Waals surface area contributed by atoms with Crippen LogP contribution in [0.2, 0.25) is 0 Å². The van der Waals surface area contributed by atoms with Gasteiger partial charge in [-0.2, -0.15) is 0 Å². The number of carboxylic acid groups (broad SMARTS) is 1. The van der Waals surface area contributed by atoms with Gasteiger partial charge in [0.1, 0.15) is 13.2 Å². The fourth-order valence-electron chi connectivity index (χ4n) is 2.74. The number of rotatable bonds is 11. The van der Waals surface area contributed by atoms with E-state index in [0.717, 1.165) is 12.0 Å². The first-order valence-corrected chi connectivity index (χ1v) is 14.2. The van der Waals surface area contributed by atoms with E-state index in [1.807, 2.05) is 83.1 Å². The minimum atomic E-state index is -0.722. The summed E-state index contributed by atoms with van der Waals surface area (Å²) in [7, 11) is 1.57. The highest BCUT2D eigenvalue weighted by Gasteiger charge is 2.32. The molecule has 0 radical (unpaired) electrons. The Bertz CT molecular complexity index is 1100. The molecule has 0 aliphatic heterocycles. The highest BCUT2D eigenvalue weighted by atomic mass is 16.5. The summed E-state index contributed by atoms with van der Waals surface area (Å²) in [5.74, 6) is -0.989. The Morgan fingerprint density at radius 1 is 0.738 bits per heavy atom. The Hall–Kier alpha value is -3.88. The molecule has 0 bridgehead atoms. The lowest BCUT2D eigenvalue weighted by molar-refractivity contribution is -0.155. The van der Waals surface area contributed by atoms with Crippen LogP contribution >= 0.6 is 0 Å². The van der Waals surface area contributed by atoms with Gasteiger partial charge in [0.05, 0.1) is 16.2 Å². The topological polar surface area (TPSA) is 131 Å². The van der Waals surface area contributed by atoms with E-state index >= 15 is 0 Å². The molecular weight excluding hydrogens is 536 g/mol. The Balaban J connectivity index is 0.000000651. The van der Waals surface area contributed by atoms with Crippen molar-refractivity contribution in [3.63, 3.8) is 0 Å². The summed E-state index contributed by atoms with van der Waals surface area (Å²) in [6.07, 6.45) is 1.50. The van der Waals surface area contributed by atoms with E-state index in [9.17, 15) is 19.2 Å². The molecule has 3 N–H and O–H groups in total. The molecule has 2 aromatic rings. The summed E-state index contributed by atoms with van der Waals surface area (Å²) in [6, 6.07) is 18.7. The minimum absolute atomic E-state index is 0.0435. The lowest BCUT2D eigenvalue weighted by atomic mass is 9.87. The molecular formula is C33H50N2O7. The third kappa shape index (κ3) is 14.1. The second-order valence-electron chi connectivity index (χ2n) is 11.4. The maximum absolute atomic E-state index is 11.7. The van der Waals surface area contributed by atoms with Crippen molar-refractivity contribution in [1.82, 2.24) is 5.32 Å². The zero-order valence-electron chi connectivity index (χ0n) is 26.7. The van der Waals surface area contributed by atoms with Gasteiger partial charge in [0.25, 0.3) is 0 Å². The van der Waals surface area contributed by atoms with E-state index in [1.54, 1.807) is 40.0 Å². The molecule has 1 unspecified atom stereocenters. The number of amides is 2. The summed E-state index contributed by atoms with van der Waals surface area (Å²) >= 11 is 0. The number of para-hydroxylation sites is 1. The van der Waals surface area contributed by atoms with Crippen LogP contribution in [-0.4, -0.2) is 42.7 Å². The van der Waals surface area contributed by atoms with Crippen LogP contribution in [0.1, 0.15) is 80.2 Å². The Labute approximate surface area is 251 Å². The molecule has 0 saturated carbocycles. The van der Waals surface area contributed by atoms with Crippen LogP contribution in [0.15, 0.2) is 60.7 Å². The maximum Gasteiger partial charge on any atom is 0.411 e. The molecule has 2 amide bonds.